The van der Waals surface area contributed by atoms with Gasteiger partial charge in [-0.25, -0.2) is 0 Å². The molecule has 0 saturated carbocycles. The second-order valence-corrected chi connectivity index (χ2v) is 7.69. The molecule has 2 aliphatic rings. The van der Waals surface area contributed by atoms with E-state index in [4.69, 9.17) is 9.26 Å². The van der Waals surface area contributed by atoms with Crippen molar-refractivity contribution >= 4 is 11.8 Å². The summed E-state index contributed by atoms with van der Waals surface area (Å²) in [7, 11) is 1.58. The summed E-state index contributed by atoms with van der Waals surface area (Å²) in [5, 5.41) is 3.98. The third-order valence-electron chi connectivity index (χ3n) is 6.00. The number of aromatic nitrogens is 1. The molecule has 26 heavy (non-hydrogen) atoms. The minimum absolute atomic E-state index is 0.0123. The second kappa shape index (κ2) is 7.39. The lowest BCUT2D eigenvalue weighted by atomic mass is 9.77. The Morgan fingerprint density at radius 1 is 1.35 bits per heavy atom. The van der Waals surface area contributed by atoms with Gasteiger partial charge < -0.3 is 19.1 Å². The Morgan fingerprint density at radius 3 is 2.58 bits per heavy atom. The van der Waals surface area contributed by atoms with E-state index >= 15 is 0 Å². The Bertz CT molecular complexity index is 653. The molecule has 1 atom stereocenters. The average Bonchev–Trinajstić information content (AvgIpc) is 3.10. The van der Waals surface area contributed by atoms with Gasteiger partial charge in [-0.2, -0.15) is 0 Å². The molecule has 2 amide bonds. The van der Waals surface area contributed by atoms with Crippen LogP contribution in [0.1, 0.15) is 49.6 Å². The maximum Gasteiger partial charge on any atom is 0.251 e. The lowest BCUT2D eigenvalue weighted by Crippen LogP contribution is -2.48. The molecule has 0 bridgehead atoms. The average molecular weight is 363 g/mol. The summed E-state index contributed by atoms with van der Waals surface area (Å²) >= 11 is 0. The van der Waals surface area contributed by atoms with Gasteiger partial charge in [-0.1, -0.05) is 12.1 Å². The molecule has 7 heteroatoms. The van der Waals surface area contributed by atoms with Gasteiger partial charge in [0.15, 0.2) is 0 Å². The van der Waals surface area contributed by atoms with Crippen molar-refractivity contribution in [2.24, 2.45) is 5.41 Å². The molecule has 2 fully saturated rings. The van der Waals surface area contributed by atoms with Gasteiger partial charge in [0.1, 0.15) is 11.9 Å². The van der Waals surface area contributed by atoms with E-state index in [1.165, 1.54) is 0 Å². The first-order valence-electron chi connectivity index (χ1n) is 9.40. The first-order valence-corrected chi connectivity index (χ1v) is 9.40. The Kier molecular flexibility index (Phi) is 5.37. The zero-order valence-electron chi connectivity index (χ0n) is 16.2. The van der Waals surface area contributed by atoms with Crippen LogP contribution in [-0.4, -0.2) is 59.6 Å². The van der Waals surface area contributed by atoms with Gasteiger partial charge in [0.05, 0.1) is 12.2 Å². The fraction of sp³-hybridized carbons (Fsp3) is 0.737. The first-order chi connectivity index (χ1) is 12.4. The van der Waals surface area contributed by atoms with Crippen molar-refractivity contribution < 1.29 is 18.8 Å². The molecule has 1 aromatic rings. The summed E-state index contributed by atoms with van der Waals surface area (Å²) in [6.45, 7) is 8.46. The number of carbonyl (C=O) groups is 2. The van der Waals surface area contributed by atoms with Crippen LogP contribution in [0.15, 0.2) is 4.52 Å². The Morgan fingerprint density at radius 2 is 2.04 bits per heavy atom. The molecule has 1 spiro atoms. The molecule has 144 valence electrons. The topological polar surface area (TPSA) is 75.9 Å². The summed E-state index contributed by atoms with van der Waals surface area (Å²) < 4.78 is 10.5. The number of nitrogens with zero attached hydrogens (tertiary/aromatic N) is 3. The molecule has 3 rings (SSSR count). The second-order valence-electron chi connectivity index (χ2n) is 7.69. The molecule has 0 N–H and O–H groups in total. The predicted molar refractivity (Wildman–Crippen MR) is 95.3 cm³/mol. The van der Waals surface area contributed by atoms with Crippen molar-refractivity contribution in [3.63, 3.8) is 0 Å². The normalized spacial score (nSPS) is 20.8. The maximum absolute atomic E-state index is 12.6. The van der Waals surface area contributed by atoms with Gasteiger partial charge in [0, 0.05) is 44.1 Å². The van der Waals surface area contributed by atoms with Crippen molar-refractivity contribution in [1.82, 2.24) is 15.0 Å². The summed E-state index contributed by atoms with van der Waals surface area (Å²) in [4.78, 5) is 28.9. The monoisotopic (exact) mass is 363 g/mol. The largest absolute Gasteiger partial charge is 0.372 e. The minimum Gasteiger partial charge on any atom is -0.372 e. The molecule has 3 heterocycles. The molecule has 2 aliphatic heterocycles. The van der Waals surface area contributed by atoms with Crippen LogP contribution in [0.5, 0.6) is 0 Å². The summed E-state index contributed by atoms with van der Waals surface area (Å²) in [6.07, 6.45) is 2.62. The van der Waals surface area contributed by atoms with Crippen molar-refractivity contribution in [1.29, 1.82) is 0 Å². The summed E-state index contributed by atoms with van der Waals surface area (Å²) in [5.41, 5.74) is 1.84. The van der Waals surface area contributed by atoms with Gasteiger partial charge in [0.2, 0.25) is 5.91 Å². The van der Waals surface area contributed by atoms with Crippen LogP contribution in [0.4, 0.5) is 0 Å². The number of likely N-dealkylation sites (tertiary alicyclic amines) is 2. The van der Waals surface area contributed by atoms with Gasteiger partial charge >= 0.3 is 0 Å². The van der Waals surface area contributed by atoms with Crippen LogP contribution in [0, 0.1) is 19.3 Å². The van der Waals surface area contributed by atoms with Gasteiger partial charge in [0.25, 0.3) is 5.91 Å². The zero-order chi connectivity index (χ0) is 18.9. The van der Waals surface area contributed by atoms with Crippen LogP contribution in [0.25, 0.3) is 0 Å². The van der Waals surface area contributed by atoms with E-state index in [2.05, 4.69) is 5.16 Å². The number of methoxy groups -OCH3 is 1. The number of piperidine rings is 1. The highest BCUT2D eigenvalue weighted by Crippen LogP contribution is 2.42. The fourth-order valence-corrected chi connectivity index (χ4v) is 4.23. The van der Waals surface area contributed by atoms with Crippen LogP contribution in [0.2, 0.25) is 0 Å². The van der Waals surface area contributed by atoms with Crippen molar-refractivity contribution in [3.8, 4) is 0 Å². The van der Waals surface area contributed by atoms with Crippen LogP contribution >= 0.6 is 0 Å². The summed E-state index contributed by atoms with van der Waals surface area (Å²) in [5.74, 6) is 1.04. The SMILES string of the molecule is CC[C@H](OC)C(=O)N1CCC2(CC1)CC(=O)N(Cc1c(C)noc1C)C2. The number of rotatable bonds is 5. The highest BCUT2D eigenvalue weighted by atomic mass is 16.5. The Labute approximate surface area is 154 Å². The molecular weight excluding hydrogens is 334 g/mol. The first kappa shape index (κ1) is 18.9. The molecule has 0 unspecified atom stereocenters. The van der Waals surface area contributed by atoms with E-state index in [1.807, 2.05) is 30.6 Å². The van der Waals surface area contributed by atoms with E-state index in [9.17, 15) is 9.59 Å². The fourth-order valence-electron chi connectivity index (χ4n) is 4.23. The quantitative estimate of drug-likeness (QED) is 0.800. The van der Waals surface area contributed by atoms with Crippen LogP contribution in [0.3, 0.4) is 0 Å². The van der Waals surface area contributed by atoms with Crippen molar-refractivity contribution in [2.75, 3.05) is 26.7 Å². The standard InChI is InChI=1S/C19H29N3O4/c1-5-16(25-4)18(24)21-8-6-19(7-9-21)10-17(23)22(12-19)11-15-13(2)20-26-14(15)3/h16H,5-12H2,1-4H3/t16-/m0/s1. The number of hydrogen-bond acceptors (Lipinski definition) is 5. The number of carbonyl (C=O) groups excluding carboxylic acids is 2. The molecule has 7 nitrogen and oxygen atoms in total. The van der Waals surface area contributed by atoms with E-state index in [0.717, 1.165) is 36.4 Å². The maximum atomic E-state index is 12.6. The van der Waals surface area contributed by atoms with Gasteiger partial charge in [-0.3, -0.25) is 9.59 Å². The highest BCUT2D eigenvalue weighted by Gasteiger charge is 2.46. The third kappa shape index (κ3) is 3.49. The molecule has 2 saturated heterocycles. The van der Waals surface area contributed by atoms with E-state index < -0.39 is 0 Å². The van der Waals surface area contributed by atoms with E-state index in [-0.39, 0.29) is 23.3 Å². The number of ether oxygens (including phenoxy) is 1. The Balaban J connectivity index is 1.61. The molecule has 0 aliphatic carbocycles. The lowest BCUT2D eigenvalue weighted by molar-refractivity contribution is -0.144. The van der Waals surface area contributed by atoms with Crippen LogP contribution < -0.4 is 0 Å². The summed E-state index contributed by atoms with van der Waals surface area (Å²) in [6, 6.07) is 0. The molecule has 1 aromatic heterocycles. The zero-order valence-corrected chi connectivity index (χ0v) is 16.2. The van der Waals surface area contributed by atoms with Crippen molar-refractivity contribution in [2.45, 2.75) is 59.1 Å². The van der Waals surface area contributed by atoms with Gasteiger partial charge in [-0.05, 0) is 33.1 Å². The number of amides is 2. The molecular formula is C19H29N3O4. The van der Waals surface area contributed by atoms with Crippen molar-refractivity contribution in [3.05, 3.63) is 17.0 Å². The number of hydrogen-bond donors (Lipinski definition) is 0. The van der Waals surface area contributed by atoms with E-state index in [0.29, 0.717) is 32.5 Å². The highest BCUT2D eigenvalue weighted by molar-refractivity contribution is 5.81. The predicted octanol–water partition coefficient (Wildman–Crippen LogP) is 2.06. The lowest BCUT2D eigenvalue weighted by Gasteiger charge is -2.39. The third-order valence-corrected chi connectivity index (χ3v) is 6.00. The van der Waals surface area contributed by atoms with Crippen LogP contribution in [-0.2, 0) is 20.9 Å². The minimum atomic E-state index is -0.356. The smallest absolute Gasteiger partial charge is 0.251 e. The van der Waals surface area contributed by atoms with E-state index in [1.54, 1.807) is 7.11 Å². The molecule has 0 radical (unpaired) electrons. The molecule has 0 aromatic carbocycles. The Hall–Kier alpha value is -1.89. The number of aryl methyl sites for hydroxylation is 2. The van der Waals surface area contributed by atoms with Gasteiger partial charge in [-0.15, -0.1) is 0 Å².